The fourth-order valence-corrected chi connectivity index (χ4v) is 3.55. The second-order valence-electron chi connectivity index (χ2n) is 5.47. The molecule has 0 aromatic heterocycles. The van der Waals surface area contributed by atoms with E-state index >= 15 is 0 Å². The predicted octanol–water partition coefficient (Wildman–Crippen LogP) is 4.18. The third kappa shape index (κ3) is 6.23. The molecule has 0 atom stereocenters. The monoisotopic (exact) mass is 400 g/mol. The minimum Gasteiger partial charge on any atom is -0.326 e. The number of anilines is 2. The van der Waals surface area contributed by atoms with Crippen LogP contribution in [0.4, 0.5) is 11.4 Å². The number of carbonyl (C=O) groups excluding carboxylic acids is 1. The van der Waals surface area contributed by atoms with Gasteiger partial charge in [0.1, 0.15) is 0 Å². The first-order valence-electron chi connectivity index (χ1n) is 7.54. The van der Waals surface area contributed by atoms with Crippen molar-refractivity contribution >= 4 is 50.5 Å². The maximum atomic E-state index is 12.0. The van der Waals surface area contributed by atoms with E-state index in [2.05, 4.69) is 5.32 Å². The average molecular weight is 401 g/mol. The Labute approximate surface area is 157 Å². The molecule has 1 amide bonds. The summed E-state index contributed by atoms with van der Waals surface area (Å²) < 4.78 is 25.3. The molecule has 0 aliphatic rings. The first kappa shape index (κ1) is 19.6. The Morgan fingerprint density at radius 3 is 2.36 bits per heavy atom. The van der Waals surface area contributed by atoms with E-state index in [1.807, 2.05) is 0 Å². The lowest BCUT2D eigenvalue weighted by atomic mass is 10.2. The Balaban J connectivity index is 1.95. The number of rotatable bonds is 7. The quantitative estimate of drug-likeness (QED) is 0.757. The molecule has 2 aromatic carbocycles. The van der Waals surface area contributed by atoms with Crippen molar-refractivity contribution in [1.29, 1.82) is 0 Å². The number of carbonyl (C=O) groups is 1. The van der Waals surface area contributed by atoms with Gasteiger partial charge in [-0.15, -0.1) is 0 Å². The van der Waals surface area contributed by atoms with Crippen molar-refractivity contribution in [3.8, 4) is 0 Å². The summed E-state index contributed by atoms with van der Waals surface area (Å²) in [7, 11) is -3.45. The van der Waals surface area contributed by atoms with E-state index in [9.17, 15) is 13.2 Å². The number of halogens is 2. The van der Waals surface area contributed by atoms with Crippen LogP contribution in [0.25, 0.3) is 0 Å². The van der Waals surface area contributed by atoms with Gasteiger partial charge in [-0.2, -0.15) is 0 Å². The molecule has 0 unspecified atom stereocenters. The highest BCUT2D eigenvalue weighted by Gasteiger charge is 2.17. The Morgan fingerprint density at radius 2 is 1.76 bits per heavy atom. The molecule has 0 fully saturated rings. The van der Waals surface area contributed by atoms with Gasteiger partial charge in [-0.3, -0.25) is 9.10 Å². The molecule has 1 N–H and O–H groups in total. The van der Waals surface area contributed by atoms with Gasteiger partial charge in [-0.1, -0.05) is 29.3 Å². The van der Waals surface area contributed by atoms with Crippen LogP contribution in [0.1, 0.15) is 12.8 Å². The van der Waals surface area contributed by atoms with Gasteiger partial charge in [-0.05, 0) is 48.9 Å². The molecule has 0 bridgehead atoms. The third-order valence-corrected chi connectivity index (χ3v) is 5.07. The fourth-order valence-electron chi connectivity index (χ4n) is 2.27. The molecule has 0 heterocycles. The van der Waals surface area contributed by atoms with Crippen LogP contribution >= 0.6 is 23.2 Å². The summed E-state index contributed by atoms with van der Waals surface area (Å²) in [5, 5.41) is 3.79. The summed E-state index contributed by atoms with van der Waals surface area (Å²) in [5.74, 6) is -0.202. The van der Waals surface area contributed by atoms with Gasteiger partial charge in [0, 0.05) is 28.7 Å². The van der Waals surface area contributed by atoms with Gasteiger partial charge in [0.25, 0.3) is 0 Å². The number of benzene rings is 2. The average Bonchev–Trinajstić information content (AvgIpc) is 2.51. The fraction of sp³-hybridized carbons (Fsp3) is 0.235. The Hall–Kier alpha value is -1.76. The van der Waals surface area contributed by atoms with Crippen molar-refractivity contribution in [3.05, 3.63) is 58.6 Å². The van der Waals surface area contributed by atoms with Crippen molar-refractivity contribution in [3.63, 3.8) is 0 Å². The summed E-state index contributed by atoms with van der Waals surface area (Å²) >= 11 is 11.7. The number of sulfonamides is 1. The summed E-state index contributed by atoms with van der Waals surface area (Å²) in [4.78, 5) is 12.0. The van der Waals surface area contributed by atoms with Gasteiger partial charge in [-0.25, -0.2) is 8.42 Å². The summed E-state index contributed by atoms with van der Waals surface area (Å²) in [5.41, 5.74) is 1.12. The van der Waals surface area contributed by atoms with Gasteiger partial charge in [0.05, 0.1) is 11.9 Å². The Morgan fingerprint density at radius 1 is 1.08 bits per heavy atom. The van der Waals surface area contributed by atoms with Crippen molar-refractivity contribution < 1.29 is 13.2 Å². The molecule has 5 nitrogen and oxygen atoms in total. The molecular formula is C17H18Cl2N2O3S. The molecular weight excluding hydrogens is 383 g/mol. The topological polar surface area (TPSA) is 66.5 Å². The molecule has 0 saturated heterocycles. The van der Waals surface area contributed by atoms with E-state index in [0.717, 1.165) is 6.26 Å². The largest absolute Gasteiger partial charge is 0.326 e. The smallest absolute Gasteiger partial charge is 0.232 e. The highest BCUT2D eigenvalue weighted by molar-refractivity contribution is 7.92. The highest BCUT2D eigenvalue weighted by atomic mass is 35.5. The van der Waals surface area contributed by atoms with Crippen LogP contribution in [-0.4, -0.2) is 27.1 Å². The standard InChI is InChI=1S/C17H18Cl2N2O3S/c1-25(23,24)21(16-9-7-13(18)8-10-16)11-3-6-17(22)20-15-5-2-4-14(19)12-15/h2,4-5,7-10,12H,3,6,11H2,1H3,(H,20,22). The predicted molar refractivity (Wildman–Crippen MR) is 103 cm³/mol. The first-order valence-corrected chi connectivity index (χ1v) is 10.1. The lowest BCUT2D eigenvalue weighted by molar-refractivity contribution is -0.116. The van der Waals surface area contributed by atoms with Crippen LogP contribution in [0, 0.1) is 0 Å². The van der Waals surface area contributed by atoms with Gasteiger partial charge >= 0.3 is 0 Å². The van der Waals surface area contributed by atoms with Crippen LogP contribution < -0.4 is 9.62 Å². The first-order chi connectivity index (χ1) is 11.8. The molecule has 2 rings (SSSR count). The van der Waals surface area contributed by atoms with Crippen LogP contribution in [0.5, 0.6) is 0 Å². The van der Waals surface area contributed by atoms with E-state index in [-0.39, 0.29) is 18.9 Å². The number of nitrogens with zero attached hydrogens (tertiary/aromatic N) is 1. The Bertz CT molecular complexity index is 839. The van der Waals surface area contributed by atoms with Crippen LogP contribution in [0.15, 0.2) is 48.5 Å². The molecule has 134 valence electrons. The molecule has 8 heteroatoms. The molecule has 0 aliphatic carbocycles. The van der Waals surface area contributed by atoms with Crippen molar-refractivity contribution in [2.45, 2.75) is 12.8 Å². The molecule has 2 aromatic rings. The zero-order valence-electron chi connectivity index (χ0n) is 13.6. The van der Waals surface area contributed by atoms with Gasteiger partial charge in [0.15, 0.2) is 0 Å². The minimum atomic E-state index is -3.45. The molecule has 0 radical (unpaired) electrons. The number of amides is 1. The second-order valence-corrected chi connectivity index (χ2v) is 8.25. The van der Waals surface area contributed by atoms with Crippen molar-refractivity contribution in [2.75, 3.05) is 22.4 Å². The maximum absolute atomic E-state index is 12.0. The normalized spacial score (nSPS) is 11.2. The van der Waals surface area contributed by atoms with Gasteiger partial charge < -0.3 is 5.32 Å². The van der Waals surface area contributed by atoms with Crippen LogP contribution in [0.3, 0.4) is 0 Å². The highest BCUT2D eigenvalue weighted by Crippen LogP contribution is 2.21. The summed E-state index contributed by atoms with van der Waals surface area (Å²) in [6.45, 7) is 0.198. The minimum absolute atomic E-state index is 0.187. The van der Waals surface area contributed by atoms with Crippen LogP contribution in [0.2, 0.25) is 10.0 Å². The molecule has 0 saturated carbocycles. The van der Waals surface area contributed by atoms with Crippen molar-refractivity contribution in [1.82, 2.24) is 0 Å². The molecule has 25 heavy (non-hydrogen) atoms. The maximum Gasteiger partial charge on any atom is 0.232 e. The van der Waals surface area contributed by atoms with E-state index in [4.69, 9.17) is 23.2 Å². The van der Waals surface area contributed by atoms with Crippen LogP contribution in [-0.2, 0) is 14.8 Å². The zero-order valence-corrected chi connectivity index (χ0v) is 15.9. The number of hydrogen-bond donors (Lipinski definition) is 1. The SMILES string of the molecule is CS(=O)(=O)N(CCCC(=O)Nc1cccc(Cl)c1)c1ccc(Cl)cc1. The van der Waals surface area contributed by atoms with Gasteiger partial charge in [0.2, 0.25) is 15.9 Å². The lowest BCUT2D eigenvalue weighted by Crippen LogP contribution is -2.31. The summed E-state index contributed by atoms with van der Waals surface area (Å²) in [6.07, 6.45) is 1.70. The molecule has 0 spiro atoms. The van der Waals surface area contributed by atoms with E-state index in [1.165, 1.54) is 4.31 Å². The molecule has 0 aliphatic heterocycles. The van der Waals surface area contributed by atoms with Crippen molar-refractivity contribution in [2.24, 2.45) is 0 Å². The third-order valence-electron chi connectivity index (χ3n) is 3.39. The Kier molecular flexibility index (Phi) is 6.70. The van der Waals surface area contributed by atoms with E-state index < -0.39 is 10.0 Å². The number of nitrogens with one attached hydrogen (secondary N) is 1. The summed E-state index contributed by atoms with van der Waals surface area (Å²) in [6, 6.07) is 13.4. The van der Waals surface area contributed by atoms with E-state index in [0.29, 0.717) is 27.8 Å². The number of hydrogen-bond acceptors (Lipinski definition) is 3. The second kappa shape index (κ2) is 8.56. The lowest BCUT2D eigenvalue weighted by Gasteiger charge is -2.22. The zero-order chi connectivity index (χ0) is 18.4. The van der Waals surface area contributed by atoms with E-state index in [1.54, 1.807) is 48.5 Å².